The van der Waals surface area contributed by atoms with E-state index in [9.17, 15) is 13.6 Å². The van der Waals surface area contributed by atoms with Gasteiger partial charge in [0.15, 0.2) is 0 Å². The molecule has 1 aliphatic rings. The largest absolute Gasteiger partial charge is 0.350 e. The van der Waals surface area contributed by atoms with Crippen molar-refractivity contribution in [3.05, 3.63) is 71.6 Å². The second kappa shape index (κ2) is 7.26. The first-order valence-electron chi connectivity index (χ1n) is 8.84. The van der Waals surface area contributed by atoms with Gasteiger partial charge in [0.05, 0.1) is 17.8 Å². The molecule has 3 aromatic rings. The number of hydrogen-bond donors (Lipinski definition) is 1. The van der Waals surface area contributed by atoms with Gasteiger partial charge in [-0.15, -0.1) is 0 Å². The van der Waals surface area contributed by atoms with Crippen LogP contribution in [-0.4, -0.2) is 27.2 Å². The van der Waals surface area contributed by atoms with Crippen LogP contribution in [0.5, 0.6) is 0 Å². The molecule has 0 aliphatic heterocycles. The predicted molar refractivity (Wildman–Crippen MR) is 96.1 cm³/mol. The number of pyridine rings is 1. The summed E-state index contributed by atoms with van der Waals surface area (Å²) in [6.45, 7) is 0.756. The van der Waals surface area contributed by atoms with Gasteiger partial charge in [0, 0.05) is 30.4 Å². The molecular weight excluding hydrogens is 350 g/mol. The molecule has 0 atom stereocenters. The molecule has 1 aromatic carbocycles. The zero-order chi connectivity index (χ0) is 18.8. The van der Waals surface area contributed by atoms with Crippen molar-refractivity contribution in [1.82, 2.24) is 20.1 Å². The lowest BCUT2D eigenvalue weighted by molar-refractivity contribution is 0.0947. The van der Waals surface area contributed by atoms with Crippen molar-refractivity contribution >= 4 is 5.91 Å². The number of benzene rings is 1. The topological polar surface area (TPSA) is 59.8 Å². The lowest BCUT2D eigenvalue weighted by atomic mass is 10.2. The first kappa shape index (κ1) is 17.3. The Balaban J connectivity index is 1.45. The molecule has 1 aliphatic carbocycles. The van der Waals surface area contributed by atoms with E-state index in [1.807, 2.05) is 28.9 Å². The highest BCUT2D eigenvalue weighted by Crippen LogP contribution is 2.41. The molecule has 0 saturated heterocycles. The molecule has 1 fully saturated rings. The first-order chi connectivity index (χ1) is 13.1. The summed E-state index contributed by atoms with van der Waals surface area (Å²) in [7, 11) is 0. The number of hydrogen-bond acceptors (Lipinski definition) is 3. The lowest BCUT2D eigenvalue weighted by Gasteiger charge is -2.09. The summed E-state index contributed by atoms with van der Waals surface area (Å²) >= 11 is 0. The zero-order valence-electron chi connectivity index (χ0n) is 14.5. The Morgan fingerprint density at radius 2 is 2.00 bits per heavy atom. The maximum atomic E-state index is 13.7. The van der Waals surface area contributed by atoms with Gasteiger partial charge >= 0.3 is 0 Å². The van der Waals surface area contributed by atoms with Crippen LogP contribution in [0.15, 0.2) is 48.7 Å². The van der Waals surface area contributed by atoms with Crippen LogP contribution in [0.3, 0.4) is 0 Å². The Morgan fingerprint density at radius 3 is 2.70 bits per heavy atom. The van der Waals surface area contributed by atoms with Gasteiger partial charge in [0.2, 0.25) is 0 Å². The molecule has 138 valence electrons. The van der Waals surface area contributed by atoms with Crippen LogP contribution >= 0.6 is 0 Å². The van der Waals surface area contributed by atoms with Gasteiger partial charge in [0.25, 0.3) is 5.91 Å². The van der Waals surface area contributed by atoms with Crippen LogP contribution in [0, 0.1) is 11.6 Å². The van der Waals surface area contributed by atoms with Gasteiger partial charge < -0.3 is 5.32 Å². The third-order valence-electron chi connectivity index (χ3n) is 4.52. The molecule has 2 heterocycles. The third-order valence-corrected chi connectivity index (χ3v) is 4.52. The van der Waals surface area contributed by atoms with Crippen LogP contribution in [0.4, 0.5) is 8.78 Å². The fourth-order valence-corrected chi connectivity index (χ4v) is 3.00. The van der Waals surface area contributed by atoms with E-state index in [4.69, 9.17) is 0 Å². The highest BCUT2D eigenvalue weighted by Gasteiger charge is 2.28. The molecule has 0 radical (unpaired) electrons. The fraction of sp³-hybridized carbons (Fsp3) is 0.250. The molecule has 0 unspecified atom stereocenters. The van der Waals surface area contributed by atoms with Gasteiger partial charge in [-0.05, 0) is 43.2 Å². The van der Waals surface area contributed by atoms with Crippen LogP contribution in [0.25, 0.3) is 11.4 Å². The first-order valence-corrected chi connectivity index (χ1v) is 8.84. The van der Waals surface area contributed by atoms with E-state index in [2.05, 4.69) is 15.4 Å². The molecule has 5 nitrogen and oxygen atoms in total. The standard InChI is InChI=1S/C20H18F2N4O/c21-14-6-7-15(16(22)11-14)20(27)24-9-10-26-19(13-4-5-13)12-18(25-26)17-3-1-2-8-23-17/h1-3,6-8,11-13H,4-5,9-10H2,(H,24,27). The Morgan fingerprint density at radius 1 is 1.15 bits per heavy atom. The van der Waals surface area contributed by atoms with E-state index < -0.39 is 17.5 Å². The lowest BCUT2D eigenvalue weighted by Crippen LogP contribution is -2.28. The molecule has 1 saturated carbocycles. The van der Waals surface area contributed by atoms with E-state index >= 15 is 0 Å². The van der Waals surface area contributed by atoms with Gasteiger partial charge in [-0.2, -0.15) is 5.10 Å². The van der Waals surface area contributed by atoms with Gasteiger partial charge in [-0.1, -0.05) is 6.07 Å². The summed E-state index contributed by atoms with van der Waals surface area (Å²) in [5.41, 5.74) is 2.55. The number of carbonyl (C=O) groups is 1. The maximum absolute atomic E-state index is 13.7. The number of carbonyl (C=O) groups excluding carboxylic acids is 1. The summed E-state index contributed by atoms with van der Waals surface area (Å²) in [5, 5.41) is 7.29. The highest BCUT2D eigenvalue weighted by atomic mass is 19.1. The number of halogens is 2. The quantitative estimate of drug-likeness (QED) is 0.724. The van der Waals surface area contributed by atoms with E-state index in [-0.39, 0.29) is 5.56 Å². The average molecular weight is 368 g/mol. The molecule has 4 rings (SSSR count). The number of aromatic nitrogens is 3. The van der Waals surface area contributed by atoms with Crippen molar-refractivity contribution in [1.29, 1.82) is 0 Å². The van der Waals surface area contributed by atoms with Gasteiger partial charge in [0.1, 0.15) is 17.3 Å². The second-order valence-electron chi connectivity index (χ2n) is 6.55. The average Bonchev–Trinajstić information content (AvgIpc) is 3.42. The van der Waals surface area contributed by atoms with E-state index in [0.717, 1.165) is 42.1 Å². The number of amides is 1. The number of rotatable bonds is 6. The third kappa shape index (κ3) is 3.86. The Kier molecular flexibility index (Phi) is 4.66. The van der Waals surface area contributed by atoms with Crippen molar-refractivity contribution in [2.75, 3.05) is 6.54 Å². The number of nitrogens with one attached hydrogen (secondary N) is 1. The number of nitrogens with zero attached hydrogens (tertiary/aromatic N) is 3. The molecule has 27 heavy (non-hydrogen) atoms. The molecule has 1 N–H and O–H groups in total. The van der Waals surface area contributed by atoms with Crippen molar-refractivity contribution in [2.24, 2.45) is 0 Å². The minimum Gasteiger partial charge on any atom is -0.350 e. The summed E-state index contributed by atoms with van der Waals surface area (Å²) < 4.78 is 28.5. The van der Waals surface area contributed by atoms with Crippen LogP contribution in [0.1, 0.15) is 34.8 Å². The van der Waals surface area contributed by atoms with Gasteiger partial charge in [-0.3, -0.25) is 14.5 Å². The summed E-state index contributed by atoms with van der Waals surface area (Å²) in [6.07, 6.45) is 3.98. The van der Waals surface area contributed by atoms with Crippen LogP contribution in [-0.2, 0) is 6.54 Å². The Bertz CT molecular complexity index is 967. The van der Waals surface area contributed by atoms with Crippen molar-refractivity contribution in [2.45, 2.75) is 25.3 Å². The Labute approximate surface area is 155 Å². The summed E-state index contributed by atoms with van der Waals surface area (Å²) in [6, 6.07) is 10.6. The Hall–Kier alpha value is -3.09. The highest BCUT2D eigenvalue weighted by molar-refractivity contribution is 5.94. The molecule has 1 amide bonds. The van der Waals surface area contributed by atoms with Crippen molar-refractivity contribution in [3.63, 3.8) is 0 Å². The maximum Gasteiger partial charge on any atom is 0.254 e. The monoisotopic (exact) mass is 368 g/mol. The summed E-state index contributed by atoms with van der Waals surface area (Å²) in [5.74, 6) is -1.67. The summed E-state index contributed by atoms with van der Waals surface area (Å²) in [4.78, 5) is 16.4. The minimum absolute atomic E-state index is 0.173. The second-order valence-corrected chi connectivity index (χ2v) is 6.55. The van der Waals surface area contributed by atoms with E-state index in [1.54, 1.807) is 6.20 Å². The van der Waals surface area contributed by atoms with Crippen molar-refractivity contribution < 1.29 is 13.6 Å². The van der Waals surface area contributed by atoms with Gasteiger partial charge in [-0.25, -0.2) is 8.78 Å². The fourth-order valence-electron chi connectivity index (χ4n) is 3.00. The SMILES string of the molecule is O=C(NCCn1nc(-c2ccccn2)cc1C1CC1)c1ccc(F)cc1F. The van der Waals surface area contributed by atoms with Crippen LogP contribution in [0.2, 0.25) is 0 Å². The predicted octanol–water partition coefficient (Wildman–Crippen LogP) is 3.53. The van der Waals surface area contributed by atoms with Crippen molar-refractivity contribution in [3.8, 4) is 11.4 Å². The molecule has 0 bridgehead atoms. The molecule has 0 spiro atoms. The normalized spacial score (nSPS) is 13.6. The van der Waals surface area contributed by atoms with Crippen LogP contribution < -0.4 is 5.32 Å². The molecule has 7 heteroatoms. The minimum atomic E-state index is -0.873. The molecule has 2 aromatic heterocycles. The van der Waals surface area contributed by atoms with E-state index in [1.165, 1.54) is 0 Å². The zero-order valence-corrected chi connectivity index (χ0v) is 14.5. The smallest absolute Gasteiger partial charge is 0.254 e. The van der Waals surface area contributed by atoms with E-state index in [0.29, 0.717) is 25.1 Å². The molecular formula is C20H18F2N4O.